The number of amides is 3. The van der Waals surface area contributed by atoms with Crippen molar-refractivity contribution in [3.8, 4) is 6.07 Å². The van der Waals surface area contributed by atoms with E-state index in [0.29, 0.717) is 18.5 Å². The third-order valence-electron chi connectivity index (χ3n) is 4.42. The van der Waals surface area contributed by atoms with Gasteiger partial charge in [0.1, 0.15) is 6.04 Å². The van der Waals surface area contributed by atoms with Crippen LogP contribution in [0.25, 0.3) is 11.0 Å². The fourth-order valence-corrected chi connectivity index (χ4v) is 3.04. The number of benzene rings is 1. The molecule has 27 heavy (non-hydrogen) atoms. The Kier molecular flexibility index (Phi) is 5.66. The summed E-state index contributed by atoms with van der Waals surface area (Å²) in [5, 5.41) is 17.0. The molecule has 2 heterocycles. The van der Waals surface area contributed by atoms with Crippen LogP contribution in [0.5, 0.6) is 0 Å². The summed E-state index contributed by atoms with van der Waals surface area (Å²) < 4.78 is 0. The highest BCUT2D eigenvalue weighted by Crippen LogP contribution is 2.17. The third kappa shape index (κ3) is 4.61. The highest BCUT2D eigenvalue weighted by atomic mass is 16.2. The first-order valence-corrected chi connectivity index (χ1v) is 8.76. The summed E-state index contributed by atoms with van der Waals surface area (Å²) in [4.78, 5) is 43.0. The molecule has 0 saturated carbocycles. The average Bonchev–Trinajstić information content (AvgIpc) is 3.11. The van der Waals surface area contributed by atoms with Crippen LogP contribution in [-0.4, -0.2) is 46.8 Å². The van der Waals surface area contributed by atoms with Crippen molar-refractivity contribution in [3.63, 3.8) is 0 Å². The van der Waals surface area contributed by atoms with Gasteiger partial charge >= 0.3 is 0 Å². The molecule has 1 aliphatic rings. The molecule has 0 radical (unpaired) electrons. The smallest absolute Gasteiger partial charge is 0.287 e. The number of aromatic amines is 1. The van der Waals surface area contributed by atoms with Crippen molar-refractivity contribution in [1.29, 1.82) is 5.26 Å². The van der Waals surface area contributed by atoms with Gasteiger partial charge < -0.3 is 20.9 Å². The number of para-hydroxylation sites is 2. The molecule has 0 unspecified atom stereocenters. The molecule has 1 aromatic carbocycles. The highest BCUT2D eigenvalue weighted by Gasteiger charge is 2.26. The molecule has 0 spiro atoms. The van der Waals surface area contributed by atoms with E-state index in [4.69, 9.17) is 0 Å². The summed E-state index contributed by atoms with van der Waals surface area (Å²) in [6.45, 7) is 0.359. The van der Waals surface area contributed by atoms with E-state index in [-0.39, 0.29) is 30.6 Å². The molecule has 1 aliphatic heterocycles. The highest BCUT2D eigenvalue weighted by molar-refractivity contribution is 5.96. The predicted molar refractivity (Wildman–Crippen MR) is 96.3 cm³/mol. The van der Waals surface area contributed by atoms with E-state index in [1.54, 1.807) is 12.1 Å². The lowest BCUT2D eigenvalue weighted by Crippen LogP contribution is -2.44. The lowest BCUT2D eigenvalue weighted by molar-refractivity contribution is -0.127. The summed E-state index contributed by atoms with van der Waals surface area (Å²) in [5.74, 6) is -1.27. The Balaban J connectivity index is 1.49. The number of carbonyl (C=O) groups excluding carboxylic acids is 3. The number of hydrogen-bond acceptors (Lipinski definition) is 5. The Morgan fingerprint density at radius 2 is 2.19 bits per heavy atom. The number of hydrogen-bond donors (Lipinski definition) is 4. The van der Waals surface area contributed by atoms with Crippen molar-refractivity contribution in [2.45, 2.75) is 25.3 Å². The molecule has 9 nitrogen and oxygen atoms in total. The van der Waals surface area contributed by atoms with Gasteiger partial charge in [-0.1, -0.05) is 12.1 Å². The van der Waals surface area contributed by atoms with Crippen LogP contribution in [0.2, 0.25) is 0 Å². The number of fused-ring (bicyclic) bond motifs is 1. The fraction of sp³-hybridized carbons (Fsp3) is 0.389. The van der Waals surface area contributed by atoms with Crippen LogP contribution in [0.4, 0.5) is 0 Å². The second-order valence-electron chi connectivity index (χ2n) is 6.40. The fourth-order valence-electron chi connectivity index (χ4n) is 3.04. The van der Waals surface area contributed by atoms with Crippen molar-refractivity contribution in [1.82, 2.24) is 25.9 Å². The van der Waals surface area contributed by atoms with Crippen molar-refractivity contribution < 1.29 is 14.4 Å². The maximum atomic E-state index is 12.1. The number of piperidine rings is 1. The Hall–Kier alpha value is -3.41. The zero-order chi connectivity index (χ0) is 19.2. The van der Waals surface area contributed by atoms with Crippen LogP contribution in [0.3, 0.4) is 0 Å². The van der Waals surface area contributed by atoms with Crippen molar-refractivity contribution >= 4 is 28.8 Å². The molecule has 3 rings (SSSR count). The van der Waals surface area contributed by atoms with Crippen LogP contribution in [-0.2, 0) is 9.59 Å². The topological polar surface area (TPSA) is 140 Å². The van der Waals surface area contributed by atoms with Gasteiger partial charge in [0.2, 0.25) is 11.8 Å². The second-order valence-corrected chi connectivity index (χ2v) is 6.40. The summed E-state index contributed by atoms with van der Waals surface area (Å²) in [5.41, 5.74) is 1.38. The van der Waals surface area contributed by atoms with Crippen molar-refractivity contribution in [2.75, 3.05) is 13.1 Å². The molecule has 1 saturated heterocycles. The summed E-state index contributed by atoms with van der Waals surface area (Å²) in [7, 11) is 0. The van der Waals surface area contributed by atoms with Crippen LogP contribution in [0, 0.1) is 17.2 Å². The standard InChI is InChI=1S/C18H20N6O3/c19-9-12(8-11-4-3-7-20-17(11)26)22-15(25)10-21-18(27)16-23-13-5-1-2-6-14(13)24-16/h1-2,5-6,11-12H,3-4,7-8,10H2,(H,20,26)(H,21,27)(H,22,25)(H,23,24)/t11-,12-/m0/s1. The normalized spacial score (nSPS) is 17.6. The molecular weight excluding hydrogens is 348 g/mol. The van der Waals surface area contributed by atoms with Gasteiger partial charge in [-0.15, -0.1) is 0 Å². The van der Waals surface area contributed by atoms with E-state index >= 15 is 0 Å². The van der Waals surface area contributed by atoms with Gasteiger partial charge in [0.05, 0.1) is 23.6 Å². The first-order valence-electron chi connectivity index (χ1n) is 8.76. The number of nitrogens with one attached hydrogen (secondary N) is 4. The van der Waals surface area contributed by atoms with E-state index in [1.165, 1.54) is 0 Å². The number of carbonyl (C=O) groups is 3. The Bertz CT molecular complexity index is 867. The number of rotatable bonds is 6. The summed E-state index contributed by atoms with van der Waals surface area (Å²) in [6, 6.07) is 8.42. The van der Waals surface area contributed by atoms with E-state index in [0.717, 1.165) is 11.9 Å². The molecule has 140 valence electrons. The lowest BCUT2D eigenvalue weighted by atomic mass is 9.92. The predicted octanol–water partition coefficient (Wildman–Crippen LogP) is 0.217. The molecule has 0 aliphatic carbocycles. The summed E-state index contributed by atoms with van der Waals surface area (Å²) in [6.07, 6.45) is 1.81. The minimum atomic E-state index is -0.783. The van der Waals surface area contributed by atoms with Crippen LogP contribution in [0.1, 0.15) is 29.9 Å². The van der Waals surface area contributed by atoms with Gasteiger partial charge in [-0.05, 0) is 31.4 Å². The number of H-pyrrole nitrogens is 1. The van der Waals surface area contributed by atoms with Gasteiger partial charge in [-0.2, -0.15) is 5.26 Å². The maximum Gasteiger partial charge on any atom is 0.287 e. The molecular formula is C18H20N6O3. The minimum absolute atomic E-state index is 0.0889. The molecule has 4 N–H and O–H groups in total. The number of nitriles is 1. The Labute approximate surface area is 155 Å². The van der Waals surface area contributed by atoms with Crippen molar-refractivity contribution in [3.05, 3.63) is 30.1 Å². The van der Waals surface area contributed by atoms with E-state index < -0.39 is 17.9 Å². The number of nitrogens with zero attached hydrogens (tertiary/aromatic N) is 2. The molecule has 1 aromatic heterocycles. The minimum Gasteiger partial charge on any atom is -0.356 e. The monoisotopic (exact) mass is 368 g/mol. The van der Waals surface area contributed by atoms with Gasteiger partial charge in [0.25, 0.3) is 5.91 Å². The van der Waals surface area contributed by atoms with Gasteiger partial charge in [0, 0.05) is 12.5 Å². The van der Waals surface area contributed by atoms with Crippen molar-refractivity contribution in [2.24, 2.45) is 5.92 Å². The maximum absolute atomic E-state index is 12.1. The molecule has 3 amide bonds. The van der Waals surface area contributed by atoms with Gasteiger partial charge in [0.15, 0.2) is 5.82 Å². The largest absolute Gasteiger partial charge is 0.356 e. The number of aromatic nitrogens is 2. The van der Waals surface area contributed by atoms with E-state index in [1.807, 2.05) is 18.2 Å². The quantitative estimate of drug-likeness (QED) is 0.577. The first kappa shape index (κ1) is 18.4. The molecule has 2 atom stereocenters. The Morgan fingerprint density at radius 3 is 2.93 bits per heavy atom. The summed E-state index contributed by atoms with van der Waals surface area (Å²) >= 11 is 0. The zero-order valence-electron chi connectivity index (χ0n) is 14.6. The zero-order valence-corrected chi connectivity index (χ0v) is 14.6. The molecule has 9 heteroatoms. The van der Waals surface area contributed by atoms with E-state index in [2.05, 4.69) is 25.9 Å². The molecule has 0 bridgehead atoms. The number of imidazole rings is 1. The van der Waals surface area contributed by atoms with Gasteiger partial charge in [-0.3, -0.25) is 14.4 Å². The Morgan fingerprint density at radius 1 is 1.37 bits per heavy atom. The molecule has 1 fully saturated rings. The molecule has 2 aromatic rings. The first-order chi connectivity index (χ1) is 13.1. The second kappa shape index (κ2) is 8.31. The average molecular weight is 368 g/mol. The van der Waals surface area contributed by atoms with Crippen LogP contribution < -0.4 is 16.0 Å². The van der Waals surface area contributed by atoms with E-state index in [9.17, 15) is 19.6 Å². The van der Waals surface area contributed by atoms with Gasteiger partial charge in [-0.25, -0.2) is 4.98 Å². The SMILES string of the molecule is N#C[C@H](C[C@@H]1CCCNC1=O)NC(=O)CNC(=O)c1nc2ccccc2[nH]1. The lowest BCUT2D eigenvalue weighted by Gasteiger charge is -2.23. The van der Waals surface area contributed by atoms with Crippen LogP contribution >= 0.6 is 0 Å². The van der Waals surface area contributed by atoms with Crippen LogP contribution in [0.15, 0.2) is 24.3 Å². The third-order valence-corrected chi connectivity index (χ3v) is 4.42.